The van der Waals surface area contributed by atoms with E-state index in [1.54, 1.807) is 18.2 Å². The molecule has 33 heavy (non-hydrogen) atoms. The molecule has 8 heteroatoms. The van der Waals surface area contributed by atoms with Crippen LogP contribution < -0.4 is 10.2 Å². The smallest absolute Gasteiger partial charge is 0.278 e. The molecule has 0 aliphatic rings. The number of hydrogen-bond donors (Lipinski definition) is 1. The van der Waals surface area contributed by atoms with Crippen molar-refractivity contribution in [2.24, 2.45) is 4.99 Å². The van der Waals surface area contributed by atoms with E-state index in [4.69, 9.17) is 0 Å². The topological polar surface area (TPSA) is 80.5 Å². The van der Waals surface area contributed by atoms with E-state index >= 15 is 0 Å². The van der Waals surface area contributed by atoms with Crippen molar-refractivity contribution in [2.75, 3.05) is 0 Å². The highest BCUT2D eigenvalue weighted by Crippen LogP contribution is 2.14. The van der Waals surface area contributed by atoms with Gasteiger partial charge in [-0.15, -0.1) is 11.3 Å². The molecule has 0 radical (unpaired) electrons. The predicted molar refractivity (Wildman–Crippen MR) is 129 cm³/mol. The number of thiophene rings is 1. The summed E-state index contributed by atoms with van der Waals surface area (Å²) in [6.07, 6.45) is 1.86. The highest BCUT2D eigenvalue weighted by molar-refractivity contribution is 7.89. The molecule has 0 saturated heterocycles. The largest absolute Gasteiger partial charge is 0.328 e. The van der Waals surface area contributed by atoms with E-state index in [-0.39, 0.29) is 17.0 Å². The third-order valence-electron chi connectivity index (χ3n) is 5.01. The molecular formula is C25H23N3O3S2. The summed E-state index contributed by atoms with van der Waals surface area (Å²) in [4.78, 5) is 18.1. The number of amides is 1. The van der Waals surface area contributed by atoms with Crippen molar-refractivity contribution in [3.05, 3.63) is 117 Å². The van der Waals surface area contributed by atoms with E-state index < -0.39 is 15.9 Å². The van der Waals surface area contributed by atoms with Crippen LogP contribution in [-0.2, 0) is 23.1 Å². The van der Waals surface area contributed by atoms with Crippen LogP contribution in [0.3, 0.4) is 0 Å². The van der Waals surface area contributed by atoms with Gasteiger partial charge in [0.1, 0.15) is 5.49 Å². The maximum atomic E-state index is 12.9. The quantitative estimate of drug-likeness (QED) is 0.435. The number of aromatic nitrogens is 1. The summed E-state index contributed by atoms with van der Waals surface area (Å²) in [6.45, 7) is 2.80. The number of hydrogen-bond acceptors (Lipinski definition) is 4. The SMILES string of the molecule is Cc1ccc(Cn2ccccc2=NC(=O)c2cccc(S(=O)(=O)NCc3cccs3)c2)cc1. The van der Waals surface area contributed by atoms with Gasteiger partial charge in [-0.25, -0.2) is 13.1 Å². The zero-order valence-electron chi connectivity index (χ0n) is 18.0. The van der Waals surface area contributed by atoms with Gasteiger partial charge in [-0.1, -0.05) is 48.0 Å². The highest BCUT2D eigenvalue weighted by atomic mass is 32.2. The summed E-state index contributed by atoms with van der Waals surface area (Å²) in [5.74, 6) is -0.505. The van der Waals surface area contributed by atoms with Crippen molar-refractivity contribution in [1.82, 2.24) is 9.29 Å². The molecule has 0 fully saturated rings. The highest BCUT2D eigenvalue weighted by Gasteiger charge is 2.16. The maximum Gasteiger partial charge on any atom is 0.278 e. The van der Waals surface area contributed by atoms with Gasteiger partial charge in [0.15, 0.2) is 0 Å². The van der Waals surface area contributed by atoms with Crippen molar-refractivity contribution in [1.29, 1.82) is 0 Å². The van der Waals surface area contributed by atoms with Crippen molar-refractivity contribution < 1.29 is 13.2 Å². The van der Waals surface area contributed by atoms with Crippen LogP contribution in [0.2, 0.25) is 0 Å². The third-order valence-corrected chi connectivity index (χ3v) is 7.29. The second-order valence-corrected chi connectivity index (χ2v) is 10.3. The lowest BCUT2D eigenvalue weighted by molar-refractivity contribution is 0.0997. The minimum absolute atomic E-state index is 0.0284. The molecule has 2 aromatic carbocycles. The molecule has 6 nitrogen and oxygen atoms in total. The van der Waals surface area contributed by atoms with E-state index in [1.165, 1.54) is 29.0 Å². The summed E-state index contributed by atoms with van der Waals surface area (Å²) in [5.41, 5.74) is 2.97. The number of sulfonamides is 1. The Hall–Kier alpha value is -3.33. The Morgan fingerprint density at radius 3 is 2.58 bits per heavy atom. The van der Waals surface area contributed by atoms with E-state index in [0.29, 0.717) is 12.0 Å². The van der Waals surface area contributed by atoms with Crippen molar-refractivity contribution in [3.63, 3.8) is 0 Å². The first kappa shape index (κ1) is 22.8. The predicted octanol–water partition coefficient (Wildman–Crippen LogP) is 4.13. The van der Waals surface area contributed by atoms with Crippen molar-refractivity contribution in [2.45, 2.75) is 24.9 Å². The fourth-order valence-electron chi connectivity index (χ4n) is 3.22. The Labute approximate surface area is 196 Å². The van der Waals surface area contributed by atoms with Gasteiger partial charge in [0.05, 0.1) is 4.90 Å². The normalized spacial score (nSPS) is 12.1. The Balaban J connectivity index is 1.57. The fraction of sp³-hybridized carbons (Fsp3) is 0.120. The van der Waals surface area contributed by atoms with E-state index in [9.17, 15) is 13.2 Å². The molecule has 0 saturated carbocycles. The summed E-state index contributed by atoms with van der Waals surface area (Å²) >= 11 is 1.47. The minimum Gasteiger partial charge on any atom is -0.328 e. The van der Waals surface area contributed by atoms with Crippen LogP contribution in [0.25, 0.3) is 0 Å². The number of aryl methyl sites for hydroxylation is 1. The number of carbonyl (C=O) groups is 1. The van der Waals surface area contributed by atoms with Crippen molar-refractivity contribution >= 4 is 27.3 Å². The number of nitrogens with zero attached hydrogens (tertiary/aromatic N) is 2. The van der Waals surface area contributed by atoms with E-state index in [1.807, 2.05) is 71.6 Å². The van der Waals surface area contributed by atoms with Gasteiger partial charge >= 0.3 is 0 Å². The van der Waals surface area contributed by atoms with Crippen LogP contribution in [0.4, 0.5) is 0 Å². The first-order chi connectivity index (χ1) is 15.9. The third kappa shape index (κ3) is 5.92. The standard InChI is InChI=1S/C25H23N3O3S2/c1-19-10-12-20(13-11-19)18-28-14-3-2-9-24(28)27-25(29)21-6-4-8-23(16-21)33(30,31)26-17-22-7-5-15-32-22/h2-16,26H,17-18H2,1H3. The van der Waals surface area contributed by atoms with Gasteiger partial charge in [-0.3, -0.25) is 4.79 Å². The first-order valence-corrected chi connectivity index (χ1v) is 12.7. The van der Waals surface area contributed by atoms with E-state index in [0.717, 1.165) is 10.4 Å². The lowest BCUT2D eigenvalue weighted by Crippen LogP contribution is -2.23. The van der Waals surface area contributed by atoms with E-state index in [2.05, 4.69) is 9.71 Å². The Morgan fingerprint density at radius 1 is 1.00 bits per heavy atom. The molecule has 1 N–H and O–H groups in total. The number of nitrogens with one attached hydrogen (secondary N) is 1. The Kier molecular flexibility index (Phi) is 6.98. The average Bonchev–Trinajstić information content (AvgIpc) is 3.34. The molecule has 0 atom stereocenters. The van der Waals surface area contributed by atoms with Crippen LogP contribution >= 0.6 is 11.3 Å². The zero-order valence-corrected chi connectivity index (χ0v) is 19.6. The van der Waals surface area contributed by atoms with Crippen LogP contribution in [0.5, 0.6) is 0 Å². The van der Waals surface area contributed by atoms with Crippen molar-refractivity contribution in [3.8, 4) is 0 Å². The maximum absolute atomic E-state index is 12.9. The van der Waals surface area contributed by atoms with Crippen LogP contribution in [0.15, 0.2) is 100 Å². The van der Waals surface area contributed by atoms with Crippen LogP contribution in [-0.4, -0.2) is 18.9 Å². The van der Waals surface area contributed by atoms with Gasteiger partial charge in [-0.2, -0.15) is 4.99 Å². The molecule has 0 bridgehead atoms. The monoisotopic (exact) mass is 477 g/mol. The zero-order chi connectivity index (χ0) is 23.3. The molecule has 0 spiro atoms. The summed E-state index contributed by atoms with van der Waals surface area (Å²) in [7, 11) is -3.76. The molecule has 168 valence electrons. The van der Waals surface area contributed by atoms with Crippen LogP contribution in [0.1, 0.15) is 26.4 Å². The molecule has 4 aromatic rings. The number of rotatable bonds is 7. The Bertz CT molecular complexity index is 1420. The molecule has 0 aliphatic heterocycles. The van der Waals surface area contributed by atoms with Crippen LogP contribution in [0, 0.1) is 6.92 Å². The number of benzene rings is 2. The Morgan fingerprint density at radius 2 is 1.82 bits per heavy atom. The molecule has 2 aromatic heterocycles. The molecule has 4 rings (SSSR count). The van der Waals surface area contributed by atoms with Gasteiger partial charge < -0.3 is 4.57 Å². The van der Waals surface area contributed by atoms with Gasteiger partial charge in [0, 0.05) is 29.7 Å². The minimum atomic E-state index is -3.76. The molecule has 0 unspecified atom stereocenters. The second-order valence-electron chi connectivity index (χ2n) is 7.52. The summed E-state index contributed by atoms with van der Waals surface area (Å²) < 4.78 is 29.8. The summed E-state index contributed by atoms with van der Waals surface area (Å²) in [5, 5.41) is 1.89. The lowest BCUT2D eigenvalue weighted by Gasteiger charge is -2.08. The molecular weight excluding hydrogens is 454 g/mol. The molecule has 0 aliphatic carbocycles. The number of carbonyl (C=O) groups excluding carboxylic acids is 1. The molecule has 1 amide bonds. The van der Waals surface area contributed by atoms with Gasteiger partial charge in [0.25, 0.3) is 5.91 Å². The lowest BCUT2D eigenvalue weighted by atomic mass is 10.1. The summed E-state index contributed by atoms with van der Waals surface area (Å²) in [6, 6.07) is 23.3. The average molecular weight is 478 g/mol. The molecule has 2 heterocycles. The fourth-order valence-corrected chi connectivity index (χ4v) is 5.01. The number of pyridine rings is 1. The second kappa shape index (κ2) is 10.1. The first-order valence-electron chi connectivity index (χ1n) is 10.3. The van der Waals surface area contributed by atoms with Gasteiger partial charge in [0.2, 0.25) is 10.0 Å². The van der Waals surface area contributed by atoms with Gasteiger partial charge in [-0.05, 0) is 54.3 Å².